The molecule has 0 radical (unpaired) electrons. The molecule has 0 aliphatic carbocycles. The molecule has 7 heteroatoms. The number of fused-ring (bicyclic) bond motifs is 2. The van der Waals surface area contributed by atoms with Crippen molar-refractivity contribution in [2.45, 2.75) is 25.3 Å². The third-order valence-corrected chi connectivity index (χ3v) is 6.78. The highest BCUT2D eigenvalue weighted by Crippen LogP contribution is 2.36. The Kier molecular flexibility index (Phi) is 5.19. The van der Waals surface area contributed by atoms with Crippen molar-refractivity contribution in [2.75, 3.05) is 24.5 Å². The lowest BCUT2D eigenvalue weighted by Gasteiger charge is -2.30. The summed E-state index contributed by atoms with van der Waals surface area (Å²) in [7, 11) is 0. The molecule has 1 fully saturated rings. The van der Waals surface area contributed by atoms with Gasteiger partial charge < -0.3 is 15.5 Å². The van der Waals surface area contributed by atoms with Crippen LogP contribution in [0.25, 0.3) is 22.3 Å². The number of pyridine rings is 1. The molecule has 0 saturated carbocycles. The zero-order chi connectivity index (χ0) is 23.1. The minimum absolute atomic E-state index is 0.0385. The number of carbonyl (C=O) groups excluding carboxylic acids is 1. The van der Waals surface area contributed by atoms with Crippen molar-refractivity contribution in [2.24, 2.45) is 5.73 Å². The van der Waals surface area contributed by atoms with E-state index in [9.17, 15) is 4.79 Å². The summed E-state index contributed by atoms with van der Waals surface area (Å²) in [4.78, 5) is 31.0. The molecule has 2 aromatic carbocycles. The molecular weight excluding hydrogens is 424 g/mol. The summed E-state index contributed by atoms with van der Waals surface area (Å²) in [5, 5.41) is 0. The van der Waals surface area contributed by atoms with Crippen molar-refractivity contribution >= 4 is 28.4 Å². The maximum Gasteiger partial charge on any atom is 0.253 e. The summed E-state index contributed by atoms with van der Waals surface area (Å²) >= 11 is 0. The number of aromatic nitrogens is 3. The first-order valence-electron chi connectivity index (χ1n) is 11.8. The van der Waals surface area contributed by atoms with Crippen LogP contribution >= 0.6 is 0 Å². The third-order valence-electron chi connectivity index (χ3n) is 6.78. The van der Waals surface area contributed by atoms with Crippen LogP contribution in [0.3, 0.4) is 0 Å². The molecule has 1 saturated heterocycles. The van der Waals surface area contributed by atoms with Gasteiger partial charge in [0.15, 0.2) is 5.82 Å². The van der Waals surface area contributed by atoms with Gasteiger partial charge in [-0.1, -0.05) is 30.3 Å². The van der Waals surface area contributed by atoms with Crippen LogP contribution in [-0.4, -0.2) is 51.4 Å². The zero-order valence-electron chi connectivity index (χ0n) is 18.9. The van der Waals surface area contributed by atoms with Gasteiger partial charge in [-0.15, -0.1) is 0 Å². The number of amides is 1. The van der Waals surface area contributed by atoms with Crippen LogP contribution in [0.4, 0.5) is 11.5 Å². The van der Waals surface area contributed by atoms with Crippen molar-refractivity contribution in [1.82, 2.24) is 19.9 Å². The van der Waals surface area contributed by atoms with Crippen molar-refractivity contribution < 1.29 is 4.79 Å². The van der Waals surface area contributed by atoms with E-state index in [4.69, 9.17) is 10.7 Å². The number of benzene rings is 2. The van der Waals surface area contributed by atoms with E-state index in [0.29, 0.717) is 12.1 Å². The number of nitrogens with two attached hydrogens (primary N) is 1. The number of hydrogen-bond donors (Lipinski definition) is 1. The fourth-order valence-corrected chi connectivity index (χ4v) is 5.00. The van der Waals surface area contributed by atoms with Gasteiger partial charge in [0.25, 0.3) is 5.91 Å². The lowest BCUT2D eigenvalue weighted by atomic mass is 10.0. The van der Waals surface area contributed by atoms with Crippen molar-refractivity contribution in [3.05, 3.63) is 78.1 Å². The molecule has 1 amide bonds. The molecule has 2 aliphatic rings. The van der Waals surface area contributed by atoms with Crippen LogP contribution < -0.4 is 10.6 Å². The Morgan fingerprint density at radius 2 is 1.82 bits per heavy atom. The van der Waals surface area contributed by atoms with Gasteiger partial charge in [0.2, 0.25) is 0 Å². The number of likely N-dealkylation sites (tertiary alicyclic amines) is 1. The molecule has 34 heavy (non-hydrogen) atoms. The summed E-state index contributed by atoms with van der Waals surface area (Å²) in [6.07, 6.45) is 4.52. The lowest BCUT2D eigenvalue weighted by Crippen LogP contribution is -2.45. The summed E-state index contributed by atoms with van der Waals surface area (Å²) in [6, 6.07) is 20.1. The molecule has 0 bridgehead atoms. The van der Waals surface area contributed by atoms with Crippen molar-refractivity contribution in [1.29, 1.82) is 0 Å². The SMILES string of the molecule is N[C@@H]1CCCN(C(=O)c2ccc(-c3ccc4ncnc(N5CCc6ccccc65)c4n3)cc2)C1. The van der Waals surface area contributed by atoms with Gasteiger partial charge in [0.05, 0.1) is 11.2 Å². The normalized spacial score (nSPS) is 17.7. The highest BCUT2D eigenvalue weighted by molar-refractivity contribution is 5.95. The summed E-state index contributed by atoms with van der Waals surface area (Å²) in [5.41, 5.74) is 12.6. The number of nitrogens with zero attached hydrogens (tertiary/aromatic N) is 5. The molecule has 170 valence electrons. The maximum atomic E-state index is 12.9. The van der Waals surface area contributed by atoms with Gasteiger partial charge in [-0.3, -0.25) is 4.79 Å². The first-order valence-corrected chi connectivity index (χ1v) is 11.8. The molecule has 7 nitrogen and oxygen atoms in total. The van der Waals surface area contributed by atoms with Gasteiger partial charge in [0.1, 0.15) is 11.8 Å². The lowest BCUT2D eigenvalue weighted by molar-refractivity contribution is 0.0709. The van der Waals surface area contributed by atoms with Gasteiger partial charge in [-0.2, -0.15) is 0 Å². The smallest absolute Gasteiger partial charge is 0.253 e. The van der Waals surface area contributed by atoms with Crippen molar-refractivity contribution in [3.63, 3.8) is 0 Å². The van der Waals surface area contributed by atoms with E-state index in [-0.39, 0.29) is 11.9 Å². The van der Waals surface area contributed by atoms with Gasteiger partial charge >= 0.3 is 0 Å². The molecule has 0 spiro atoms. The van der Waals surface area contributed by atoms with E-state index in [2.05, 4.69) is 39.1 Å². The molecule has 6 rings (SSSR count). The largest absolute Gasteiger partial charge is 0.337 e. The Morgan fingerprint density at radius 3 is 2.68 bits per heavy atom. The number of carbonyl (C=O) groups is 1. The summed E-state index contributed by atoms with van der Waals surface area (Å²) < 4.78 is 0. The third kappa shape index (κ3) is 3.68. The Balaban J connectivity index is 1.32. The van der Waals surface area contributed by atoms with Crippen LogP contribution in [0.15, 0.2) is 67.0 Å². The van der Waals surface area contributed by atoms with E-state index >= 15 is 0 Å². The molecule has 1 atom stereocenters. The molecule has 4 aromatic rings. The van der Waals surface area contributed by atoms with E-state index in [1.807, 2.05) is 41.3 Å². The standard InChI is InChI=1S/C27H26N6O/c28-21-5-3-14-32(16-21)27(34)20-9-7-18(8-10-20)22-11-12-23-25(31-22)26(30-17-29-23)33-15-13-19-4-1-2-6-24(19)33/h1-2,4,6-12,17,21H,3,5,13-16,28H2/t21-/m1/s1. The molecule has 2 aromatic heterocycles. The molecular formula is C27H26N6O. The Morgan fingerprint density at radius 1 is 0.971 bits per heavy atom. The number of piperidine rings is 1. The Labute approximate surface area is 198 Å². The van der Waals surface area contributed by atoms with Gasteiger partial charge in [-0.25, -0.2) is 15.0 Å². The predicted molar refractivity (Wildman–Crippen MR) is 133 cm³/mol. The highest BCUT2D eigenvalue weighted by Gasteiger charge is 2.24. The summed E-state index contributed by atoms with van der Waals surface area (Å²) in [6.45, 7) is 2.26. The van der Waals surface area contributed by atoms with Gasteiger partial charge in [0, 0.05) is 42.5 Å². The molecule has 2 N–H and O–H groups in total. The number of anilines is 2. The van der Waals surface area contributed by atoms with Crippen LogP contribution in [0.2, 0.25) is 0 Å². The van der Waals surface area contributed by atoms with Crippen molar-refractivity contribution in [3.8, 4) is 11.3 Å². The molecule has 2 aliphatic heterocycles. The first kappa shape index (κ1) is 20.7. The average Bonchev–Trinajstić information content (AvgIpc) is 3.32. The second-order valence-corrected chi connectivity index (χ2v) is 9.02. The number of rotatable bonds is 3. The van der Waals surface area contributed by atoms with E-state index in [1.165, 1.54) is 11.3 Å². The van der Waals surface area contributed by atoms with E-state index < -0.39 is 0 Å². The highest BCUT2D eigenvalue weighted by atomic mass is 16.2. The number of hydrogen-bond acceptors (Lipinski definition) is 6. The minimum atomic E-state index is 0.0385. The maximum absolute atomic E-state index is 12.9. The topological polar surface area (TPSA) is 88.2 Å². The van der Waals surface area contributed by atoms with Crippen LogP contribution in [0.5, 0.6) is 0 Å². The monoisotopic (exact) mass is 450 g/mol. The van der Waals surface area contributed by atoms with Crippen LogP contribution in [0.1, 0.15) is 28.8 Å². The zero-order valence-corrected chi connectivity index (χ0v) is 18.9. The first-order chi connectivity index (χ1) is 16.7. The van der Waals surface area contributed by atoms with Gasteiger partial charge in [-0.05, 0) is 55.2 Å². The van der Waals surface area contributed by atoms with Crippen LogP contribution in [-0.2, 0) is 6.42 Å². The Hall–Kier alpha value is -3.84. The second-order valence-electron chi connectivity index (χ2n) is 9.02. The number of para-hydroxylation sites is 1. The summed E-state index contributed by atoms with van der Waals surface area (Å²) in [5.74, 6) is 0.863. The fraction of sp³-hybridized carbons (Fsp3) is 0.259. The van der Waals surface area contributed by atoms with E-state index in [1.54, 1.807) is 6.33 Å². The Bertz CT molecular complexity index is 1370. The quantitative estimate of drug-likeness (QED) is 0.509. The fourth-order valence-electron chi connectivity index (χ4n) is 5.00. The molecule has 4 heterocycles. The van der Waals surface area contributed by atoms with Crippen LogP contribution in [0, 0.1) is 0 Å². The van der Waals surface area contributed by atoms with E-state index in [0.717, 1.165) is 60.5 Å². The minimum Gasteiger partial charge on any atom is -0.337 e. The predicted octanol–water partition coefficient (Wildman–Crippen LogP) is 3.95. The molecule has 0 unspecified atom stereocenters. The second kappa shape index (κ2) is 8.50. The average molecular weight is 451 g/mol.